The lowest BCUT2D eigenvalue weighted by Gasteiger charge is -2.28. The molecule has 1 aliphatic carbocycles. The number of rotatable bonds is 6. The molecular formula is C26H29N5O3. The number of nitrogen functional groups attached to an aromatic ring is 1. The first kappa shape index (κ1) is 22.1. The zero-order valence-corrected chi connectivity index (χ0v) is 19.3. The van der Waals surface area contributed by atoms with Gasteiger partial charge in [0.25, 0.3) is 0 Å². The summed E-state index contributed by atoms with van der Waals surface area (Å²) in [6.07, 6.45) is 8.20. The van der Waals surface area contributed by atoms with Gasteiger partial charge in [-0.25, -0.2) is 4.98 Å². The Balaban J connectivity index is 1.51. The maximum absolute atomic E-state index is 12.6. The summed E-state index contributed by atoms with van der Waals surface area (Å²) in [5.74, 6) is -0.298. The van der Waals surface area contributed by atoms with Crippen LogP contribution in [-0.4, -0.2) is 38.0 Å². The van der Waals surface area contributed by atoms with E-state index in [4.69, 9.17) is 15.8 Å². The molecule has 34 heavy (non-hydrogen) atoms. The maximum atomic E-state index is 12.6. The Kier molecular flexibility index (Phi) is 5.81. The van der Waals surface area contributed by atoms with E-state index in [0.29, 0.717) is 17.0 Å². The van der Waals surface area contributed by atoms with Crippen molar-refractivity contribution in [3.63, 3.8) is 0 Å². The summed E-state index contributed by atoms with van der Waals surface area (Å²) in [5, 5.41) is 13.6. The van der Waals surface area contributed by atoms with Crippen LogP contribution in [0.15, 0.2) is 42.7 Å². The van der Waals surface area contributed by atoms with Gasteiger partial charge in [0, 0.05) is 36.3 Å². The monoisotopic (exact) mass is 459 g/mol. The van der Waals surface area contributed by atoms with Gasteiger partial charge in [0.1, 0.15) is 5.82 Å². The number of nitrogens with zero attached hydrogens (tertiary/aromatic N) is 4. The van der Waals surface area contributed by atoms with Crippen LogP contribution < -0.4 is 10.6 Å². The van der Waals surface area contributed by atoms with Crippen LogP contribution in [0.5, 0.6) is 0 Å². The molecule has 2 aromatic heterocycles. The number of aliphatic carboxylic acids is 1. The van der Waals surface area contributed by atoms with Gasteiger partial charge in [0.05, 0.1) is 17.5 Å². The second kappa shape index (κ2) is 8.93. The number of benzene rings is 1. The van der Waals surface area contributed by atoms with Gasteiger partial charge in [0.15, 0.2) is 11.4 Å². The van der Waals surface area contributed by atoms with E-state index in [0.717, 1.165) is 61.2 Å². The highest BCUT2D eigenvalue weighted by atomic mass is 16.4. The number of hydrogen-bond acceptors (Lipinski definition) is 6. The van der Waals surface area contributed by atoms with Gasteiger partial charge in [-0.15, -0.1) is 0 Å². The van der Waals surface area contributed by atoms with E-state index in [9.17, 15) is 9.59 Å². The molecule has 3 aromatic rings. The van der Waals surface area contributed by atoms with Crippen molar-refractivity contribution in [3.8, 4) is 0 Å². The molecule has 0 spiro atoms. The summed E-state index contributed by atoms with van der Waals surface area (Å²) in [7, 11) is 0. The molecule has 176 valence electrons. The highest BCUT2D eigenvalue weighted by Gasteiger charge is 2.30. The number of carbonyl (C=O) groups is 2. The smallest absolute Gasteiger partial charge is 0.303 e. The van der Waals surface area contributed by atoms with Crippen LogP contribution >= 0.6 is 0 Å². The molecular weight excluding hydrogens is 430 g/mol. The van der Waals surface area contributed by atoms with Gasteiger partial charge in [-0.05, 0) is 62.7 Å². The van der Waals surface area contributed by atoms with Crippen molar-refractivity contribution in [1.82, 2.24) is 14.6 Å². The van der Waals surface area contributed by atoms with Crippen molar-refractivity contribution in [1.29, 1.82) is 0 Å². The summed E-state index contributed by atoms with van der Waals surface area (Å²) in [6.45, 7) is 2.39. The van der Waals surface area contributed by atoms with Gasteiger partial charge in [-0.3, -0.25) is 9.59 Å². The average molecular weight is 460 g/mol. The van der Waals surface area contributed by atoms with E-state index >= 15 is 0 Å². The molecule has 0 unspecified atom stereocenters. The normalized spacial score (nSPS) is 20.5. The van der Waals surface area contributed by atoms with Crippen LogP contribution in [0.2, 0.25) is 0 Å². The van der Waals surface area contributed by atoms with Crippen LogP contribution in [0.3, 0.4) is 0 Å². The lowest BCUT2D eigenvalue weighted by molar-refractivity contribution is -0.138. The molecule has 0 bridgehead atoms. The molecule has 8 nitrogen and oxygen atoms in total. The van der Waals surface area contributed by atoms with Gasteiger partial charge >= 0.3 is 5.97 Å². The van der Waals surface area contributed by atoms with E-state index < -0.39 is 5.97 Å². The number of nitrogens with two attached hydrogens (primary N) is 1. The molecule has 0 amide bonds. The standard InChI is InChI=1S/C26H29N5O3/c1-16(32)23-24(18-9-7-17(8-10-18)13-22(33)34)29-26-21(14-28-31(26)25(23)27)19-11-12-30(15-19)20-5-3-2-4-6-20/h2-6,14-15,17-18H,7-13,27H2,1H3,(H,33,34). The van der Waals surface area contributed by atoms with Crippen molar-refractivity contribution in [2.24, 2.45) is 5.92 Å². The summed E-state index contributed by atoms with van der Waals surface area (Å²) < 4.78 is 1.58. The van der Waals surface area contributed by atoms with Crippen molar-refractivity contribution in [2.45, 2.75) is 51.4 Å². The fourth-order valence-corrected chi connectivity index (χ4v) is 5.39. The predicted octanol–water partition coefficient (Wildman–Crippen LogP) is 4.51. The Hall–Kier alpha value is -3.68. The Bertz CT molecular complexity index is 1270. The largest absolute Gasteiger partial charge is 0.481 e. The van der Waals surface area contributed by atoms with E-state index in [1.54, 1.807) is 10.7 Å². The molecule has 3 N–H and O–H groups in total. The quantitative estimate of drug-likeness (QED) is 0.521. The zero-order chi connectivity index (χ0) is 23.8. The minimum absolute atomic E-state index is 0.0809. The Labute approximate surface area is 198 Å². The number of carbonyl (C=O) groups excluding carboxylic acids is 1. The number of ketones is 1. The number of anilines is 2. The molecule has 1 fully saturated rings. The molecule has 1 saturated carbocycles. The van der Waals surface area contributed by atoms with E-state index in [1.165, 1.54) is 6.92 Å². The number of Topliss-reactive ketones (excluding diaryl/α,β-unsaturated/α-hetero) is 1. The first-order chi connectivity index (χ1) is 16.4. The summed E-state index contributed by atoms with van der Waals surface area (Å²) in [5.41, 5.74) is 11.5. The second-order valence-electron chi connectivity index (χ2n) is 9.36. The topological polar surface area (TPSA) is 114 Å². The first-order valence-electron chi connectivity index (χ1n) is 11.8. The zero-order valence-electron chi connectivity index (χ0n) is 19.3. The molecule has 5 rings (SSSR count). The van der Waals surface area contributed by atoms with Crippen molar-refractivity contribution in [3.05, 3.63) is 59.5 Å². The molecule has 1 aromatic carbocycles. The summed E-state index contributed by atoms with van der Waals surface area (Å²) in [4.78, 5) is 30.9. The highest BCUT2D eigenvalue weighted by Crippen LogP contribution is 2.40. The maximum Gasteiger partial charge on any atom is 0.303 e. The highest BCUT2D eigenvalue weighted by molar-refractivity contribution is 6.00. The van der Waals surface area contributed by atoms with Gasteiger partial charge in [0.2, 0.25) is 0 Å². The molecule has 8 heteroatoms. The minimum atomic E-state index is -0.755. The summed E-state index contributed by atoms with van der Waals surface area (Å²) in [6, 6.07) is 10.2. The fraction of sp³-hybridized carbons (Fsp3) is 0.385. The van der Waals surface area contributed by atoms with E-state index in [1.807, 2.05) is 18.2 Å². The third kappa shape index (κ3) is 4.04. The molecule has 0 saturated heterocycles. The fourth-order valence-electron chi connectivity index (χ4n) is 5.39. The van der Waals surface area contributed by atoms with Gasteiger partial charge < -0.3 is 15.7 Å². The molecule has 0 atom stereocenters. The van der Waals surface area contributed by atoms with Gasteiger partial charge in [-0.2, -0.15) is 9.61 Å². The second-order valence-corrected chi connectivity index (χ2v) is 9.36. The number of hydrogen-bond donors (Lipinski definition) is 2. The number of para-hydroxylation sites is 1. The molecule has 1 aliphatic heterocycles. The van der Waals surface area contributed by atoms with Crippen molar-refractivity contribution in [2.75, 3.05) is 17.2 Å². The van der Waals surface area contributed by atoms with Gasteiger partial charge in [-0.1, -0.05) is 18.2 Å². The van der Waals surface area contributed by atoms with Crippen molar-refractivity contribution >= 4 is 34.5 Å². The van der Waals surface area contributed by atoms with Crippen LogP contribution in [0, 0.1) is 5.92 Å². The molecule has 0 radical (unpaired) electrons. The lowest BCUT2D eigenvalue weighted by Crippen LogP contribution is -2.21. The molecule has 3 heterocycles. The Morgan fingerprint density at radius 1 is 1.15 bits per heavy atom. The third-order valence-corrected chi connectivity index (χ3v) is 7.13. The lowest BCUT2D eigenvalue weighted by atomic mass is 9.78. The van der Waals surface area contributed by atoms with Crippen LogP contribution in [0.25, 0.3) is 11.2 Å². The number of carboxylic acids is 1. The number of fused-ring (bicyclic) bond motifs is 1. The average Bonchev–Trinajstić information content (AvgIpc) is 3.47. The van der Waals surface area contributed by atoms with E-state index in [2.05, 4.69) is 28.3 Å². The van der Waals surface area contributed by atoms with Crippen molar-refractivity contribution < 1.29 is 14.7 Å². The van der Waals surface area contributed by atoms with Crippen LogP contribution in [-0.2, 0) is 4.79 Å². The molecule has 2 aliphatic rings. The number of carboxylic acid groups (broad SMARTS) is 1. The first-order valence-corrected chi connectivity index (χ1v) is 11.8. The van der Waals surface area contributed by atoms with Crippen LogP contribution in [0.1, 0.15) is 73.0 Å². The Morgan fingerprint density at radius 3 is 2.56 bits per heavy atom. The minimum Gasteiger partial charge on any atom is -0.481 e. The van der Waals surface area contributed by atoms with Crippen LogP contribution in [0.4, 0.5) is 11.5 Å². The Morgan fingerprint density at radius 2 is 1.88 bits per heavy atom. The van der Waals surface area contributed by atoms with E-state index in [-0.39, 0.29) is 24.0 Å². The number of aromatic nitrogens is 3. The third-order valence-electron chi connectivity index (χ3n) is 7.13. The SMILES string of the molecule is CC(=O)c1c(C2CCC(CC(=O)O)CC2)nc2c(C3=CN(c4ccccc4)CC3)cnn2c1N. The predicted molar refractivity (Wildman–Crippen MR) is 131 cm³/mol. The summed E-state index contributed by atoms with van der Waals surface area (Å²) >= 11 is 0.